The molecule has 0 heterocycles. The summed E-state index contributed by atoms with van der Waals surface area (Å²) in [7, 11) is 1.54. The van der Waals surface area contributed by atoms with Crippen molar-refractivity contribution in [2.75, 3.05) is 13.7 Å². The van der Waals surface area contributed by atoms with Gasteiger partial charge < -0.3 is 4.74 Å². The molecule has 0 aliphatic heterocycles. The van der Waals surface area contributed by atoms with Gasteiger partial charge in [-0.1, -0.05) is 30.3 Å². The van der Waals surface area contributed by atoms with Gasteiger partial charge in [0.2, 0.25) is 0 Å². The van der Waals surface area contributed by atoms with Gasteiger partial charge in [-0.2, -0.15) is 0 Å². The molecule has 0 saturated heterocycles. The van der Waals surface area contributed by atoms with Crippen LogP contribution in [0.1, 0.15) is 24.5 Å². The Morgan fingerprint density at radius 2 is 1.82 bits per heavy atom. The Kier molecular flexibility index (Phi) is 5.44. The standard InChI is InChI=1S/C12H15F3O2/c1-16-11(10-6-3-2-4-7-10)8-5-9-17-12(13,14)15/h2-4,6-7,11H,5,8-9H2,1H3. The SMILES string of the molecule is COC(CCCOC(F)(F)F)c1ccccc1. The lowest BCUT2D eigenvalue weighted by atomic mass is 10.1. The van der Waals surface area contributed by atoms with E-state index in [4.69, 9.17) is 4.74 Å². The Hall–Kier alpha value is -1.07. The highest BCUT2D eigenvalue weighted by Gasteiger charge is 2.28. The third-order valence-corrected chi connectivity index (χ3v) is 2.33. The van der Waals surface area contributed by atoms with Crippen molar-refractivity contribution < 1.29 is 22.6 Å². The largest absolute Gasteiger partial charge is 0.522 e. The van der Waals surface area contributed by atoms with Crippen molar-refractivity contribution in [3.63, 3.8) is 0 Å². The fourth-order valence-corrected chi connectivity index (χ4v) is 1.54. The van der Waals surface area contributed by atoms with E-state index >= 15 is 0 Å². The zero-order valence-electron chi connectivity index (χ0n) is 9.54. The van der Waals surface area contributed by atoms with Crippen LogP contribution < -0.4 is 0 Å². The molecule has 0 spiro atoms. The van der Waals surface area contributed by atoms with E-state index in [9.17, 15) is 13.2 Å². The zero-order valence-corrected chi connectivity index (χ0v) is 9.54. The predicted molar refractivity (Wildman–Crippen MR) is 57.4 cm³/mol. The van der Waals surface area contributed by atoms with Gasteiger partial charge in [-0.3, -0.25) is 4.74 Å². The van der Waals surface area contributed by atoms with Gasteiger partial charge in [-0.25, -0.2) is 0 Å². The first-order valence-electron chi connectivity index (χ1n) is 5.31. The lowest BCUT2D eigenvalue weighted by molar-refractivity contribution is -0.325. The highest BCUT2D eigenvalue weighted by Crippen LogP contribution is 2.23. The molecule has 0 fully saturated rings. The summed E-state index contributed by atoms with van der Waals surface area (Å²) >= 11 is 0. The van der Waals surface area contributed by atoms with Crippen LogP contribution in [0.2, 0.25) is 0 Å². The molecule has 1 atom stereocenters. The molecule has 2 nitrogen and oxygen atoms in total. The van der Waals surface area contributed by atoms with Crippen LogP contribution in [-0.4, -0.2) is 20.1 Å². The monoisotopic (exact) mass is 248 g/mol. The van der Waals surface area contributed by atoms with E-state index in [-0.39, 0.29) is 12.7 Å². The van der Waals surface area contributed by atoms with E-state index in [1.165, 1.54) is 0 Å². The molecule has 0 N–H and O–H groups in total. The van der Waals surface area contributed by atoms with E-state index in [0.29, 0.717) is 12.8 Å². The number of rotatable bonds is 6. The van der Waals surface area contributed by atoms with E-state index in [0.717, 1.165) is 5.56 Å². The molecule has 96 valence electrons. The minimum atomic E-state index is -4.55. The third-order valence-electron chi connectivity index (χ3n) is 2.33. The number of hydrogen-bond donors (Lipinski definition) is 0. The number of methoxy groups -OCH3 is 1. The van der Waals surface area contributed by atoms with Gasteiger partial charge in [0, 0.05) is 7.11 Å². The molecule has 1 aromatic carbocycles. The van der Waals surface area contributed by atoms with Crippen molar-refractivity contribution in [1.29, 1.82) is 0 Å². The van der Waals surface area contributed by atoms with Gasteiger partial charge >= 0.3 is 6.36 Å². The summed E-state index contributed by atoms with van der Waals surface area (Å²) in [4.78, 5) is 0. The summed E-state index contributed by atoms with van der Waals surface area (Å²) < 4.78 is 44.1. The smallest absolute Gasteiger partial charge is 0.377 e. The second-order valence-electron chi connectivity index (χ2n) is 3.57. The van der Waals surface area contributed by atoms with E-state index in [1.807, 2.05) is 30.3 Å². The lowest BCUT2D eigenvalue weighted by Gasteiger charge is -2.15. The molecule has 0 radical (unpaired) electrons. The minimum absolute atomic E-state index is 0.187. The molecule has 0 aromatic heterocycles. The van der Waals surface area contributed by atoms with Crippen molar-refractivity contribution in [3.8, 4) is 0 Å². The van der Waals surface area contributed by atoms with Crippen molar-refractivity contribution in [2.24, 2.45) is 0 Å². The molecule has 5 heteroatoms. The Labute approximate surface area is 98.3 Å². The number of halogens is 3. The average molecular weight is 248 g/mol. The molecule has 0 saturated carbocycles. The Balaban J connectivity index is 2.34. The normalized spacial score (nSPS) is 13.6. The highest BCUT2D eigenvalue weighted by atomic mass is 19.4. The van der Waals surface area contributed by atoms with E-state index < -0.39 is 6.36 Å². The first-order chi connectivity index (χ1) is 8.03. The molecule has 1 rings (SSSR count). The van der Waals surface area contributed by atoms with Gasteiger partial charge in [0.15, 0.2) is 0 Å². The van der Waals surface area contributed by atoms with E-state index in [2.05, 4.69) is 4.74 Å². The lowest BCUT2D eigenvalue weighted by Crippen LogP contribution is -2.14. The molecule has 1 unspecified atom stereocenters. The van der Waals surface area contributed by atoms with Crippen LogP contribution in [0.4, 0.5) is 13.2 Å². The fraction of sp³-hybridized carbons (Fsp3) is 0.500. The summed E-state index contributed by atoms with van der Waals surface area (Å²) in [6, 6.07) is 9.39. The first-order valence-corrected chi connectivity index (χ1v) is 5.31. The van der Waals surface area contributed by atoms with Gasteiger partial charge in [-0.05, 0) is 18.4 Å². The topological polar surface area (TPSA) is 18.5 Å². The van der Waals surface area contributed by atoms with Gasteiger partial charge in [0.25, 0.3) is 0 Å². The average Bonchev–Trinajstić information content (AvgIpc) is 2.29. The maximum atomic E-state index is 11.7. The summed E-state index contributed by atoms with van der Waals surface area (Å²) in [6.07, 6.45) is -3.94. The molecule has 1 aromatic rings. The van der Waals surface area contributed by atoms with Crippen LogP contribution in [0.3, 0.4) is 0 Å². The first kappa shape index (κ1) is 14.0. The Bertz CT molecular complexity index is 311. The molecular weight excluding hydrogens is 233 g/mol. The number of alkyl halides is 3. The van der Waals surface area contributed by atoms with E-state index in [1.54, 1.807) is 7.11 Å². The van der Waals surface area contributed by atoms with Crippen molar-refractivity contribution >= 4 is 0 Å². The zero-order chi connectivity index (χ0) is 12.7. The molecule has 0 amide bonds. The summed E-state index contributed by atoms with van der Waals surface area (Å²) in [5, 5.41) is 0. The van der Waals surface area contributed by atoms with Gasteiger partial charge in [-0.15, -0.1) is 13.2 Å². The minimum Gasteiger partial charge on any atom is -0.377 e. The van der Waals surface area contributed by atoms with Crippen LogP contribution in [0.15, 0.2) is 30.3 Å². The molecule has 0 bridgehead atoms. The second kappa shape index (κ2) is 6.61. The maximum absolute atomic E-state index is 11.7. The number of hydrogen-bond acceptors (Lipinski definition) is 2. The number of benzene rings is 1. The summed E-state index contributed by atoms with van der Waals surface area (Å²) in [5.41, 5.74) is 0.960. The Morgan fingerprint density at radius 3 is 2.35 bits per heavy atom. The number of ether oxygens (including phenoxy) is 2. The van der Waals surface area contributed by atoms with Crippen LogP contribution in [0, 0.1) is 0 Å². The highest BCUT2D eigenvalue weighted by molar-refractivity contribution is 5.17. The maximum Gasteiger partial charge on any atom is 0.522 e. The quantitative estimate of drug-likeness (QED) is 0.715. The van der Waals surface area contributed by atoms with Crippen molar-refractivity contribution in [2.45, 2.75) is 25.3 Å². The van der Waals surface area contributed by atoms with Gasteiger partial charge in [0.1, 0.15) is 0 Å². The molecular formula is C12H15F3O2. The summed E-state index contributed by atoms with van der Waals surface area (Å²) in [6.45, 7) is -0.337. The van der Waals surface area contributed by atoms with Crippen molar-refractivity contribution in [3.05, 3.63) is 35.9 Å². The van der Waals surface area contributed by atoms with Crippen LogP contribution in [0.25, 0.3) is 0 Å². The predicted octanol–water partition coefficient (Wildman–Crippen LogP) is 3.69. The van der Waals surface area contributed by atoms with Crippen molar-refractivity contribution in [1.82, 2.24) is 0 Å². The van der Waals surface area contributed by atoms with Crippen LogP contribution in [0.5, 0.6) is 0 Å². The molecule has 0 aliphatic carbocycles. The fourth-order valence-electron chi connectivity index (χ4n) is 1.54. The summed E-state index contributed by atoms with van der Waals surface area (Å²) in [5.74, 6) is 0. The third kappa shape index (κ3) is 5.70. The van der Waals surface area contributed by atoms with Gasteiger partial charge in [0.05, 0.1) is 12.7 Å². The van der Waals surface area contributed by atoms with Crippen LogP contribution in [-0.2, 0) is 9.47 Å². The second-order valence-corrected chi connectivity index (χ2v) is 3.57. The molecule has 17 heavy (non-hydrogen) atoms. The van der Waals surface area contributed by atoms with Crippen LogP contribution >= 0.6 is 0 Å². The Morgan fingerprint density at radius 1 is 1.18 bits per heavy atom. The molecule has 0 aliphatic rings.